The highest BCUT2D eigenvalue weighted by molar-refractivity contribution is 5.96. The van der Waals surface area contributed by atoms with E-state index in [2.05, 4.69) is 26.6 Å². The molecule has 0 spiro atoms. The van der Waals surface area contributed by atoms with Crippen LogP contribution in [0, 0.1) is 0 Å². The van der Waals surface area contributed by atoms with Crippen molar-refractivity contribution in [1.82, 2.24) is 31.5 Å². The number of primary amides is 1. The van der Waals surface area contributed by atoms with Crippen LogP contribution in [0.15, 0.2) is 0 Å². The maximum atomic E-state index is 13.4. The number of aliphatic hydroxyl groups excluding tert-OH is 3. The Labute approximate surface area is 226 Å². The van der Waals surface area contributed by atoms with E-state index in [0.29, 0.717) is 12.8 Å². The third kappa shape index (κ3) is 10.4. The van der Waals surface area contributed by atoms with E-state index in [1.165, 1.54) is 21.0 Å². The second-order valence-corrected chi connectivity index (χ2v) is 9.31. The van der Waals surface area contributed by atoms with E-state index >= 15 is 0 Å². The summed E-state index contributed by atoms with van der Waals surface area (Å²) < 4.78 is 0. The first-order valence-electron chi connectivity index (χ1n) is 12.7. The molecule has 0 aromatic carbocycles. The Morgan fingerprint density at radius 1 is 1.10 bits per heavy atom. The van der Waals surface area contributed by atoms with Gasteiger partial charge < -0.3 is 52.5 Å². The molecule has 6 atom stereocenters. The molecule has 0 bridgehead atoms. The number of hydrogen-bond acceptors (Lipinski definition) is 10. The summed E-state index contributed by atoms with van der Waals surface area (Å²) in [5, 5.41) is 41.8. The fraction of sp³-hybridized carbons (Fsp3) is 0.739. The second kappa shape index (κ2) is 16.6. The first-order valence-corrected chi connectivity index (χ1v) is 12.7. The Morgan fingerprint density at radius 2 is 1.77 bits per heavy atom. The lowest BCUT2D eigenvalue weighted by Crippen LogP contribution is -2.62. The zero-order chi connectivity index (χ0) is 29.7. The van der Waals surface area contributed by atoms with Gasteiger partial charge in [-0.25, -0.2) is 0 Å². The van der Waals surface area contributed by atoms with E-state index < -0.39 is 85.0 Å². The predicted molar refractivity (Wildman–Crippen MR) is 136 cm³/mol. The van der Waals surface area contributed by atoms with Gasteiger partial charge in [0.25, 0.3) is 0 Å². The molecule has 222 valence electrons. The lowest BCUT2D eigenvalue weighted by atomic mass is 10.0. The first kappa shape index (κ1) is 33.7. The highest BCUT2D eigenvalue weighted by Crippen LogP contribution is 2.11. The van der Waals surface area contributed by atoms with Crippen LogP contribution in [0.25, 0.3) is 0 Å². The summed E-state index contributed by atoms with van der Waals surface area (Å²) in [6.07, 6.45) is -0.837. The maximum absolute atomic E-state index is 13.4. The van der Waals surface area contributed by atoms with Gasteiger partial charge in [-0.2, -0.15) is 0 Å². The van der Waals surface area contributed by atoms with Gasteiger partial charge >= 0.3 is 0 Å². The molecule has 39 heavy (non-hydrogen) atoms. The zero-order valence-corrected chi connectivity index (χ0v) is 22.4. The van der Waals surface area contributed by atoms with E-state index in [0.717, 1.165) is 4.90 Å². The minimum Gasteiger partial charge on any atom is -0.394 e. The summed E-state index contributed by atoms with van der Waals surface area (Å²) >= 11 is 0. The third-order valence-electron chi connectivity index (χ3n) is 6.33. The number of carbonyl (C=O) groups excluding carboxylic acids is 6. The highest BCUT2D eigenvalue weighted by atomic mass is 16.3. The van der Waals surface area contributed by atoms with Crippen LogP contribution in [0.3, 0.4) is 0 Å². The topological polar surface area (TPSA) is 253 Å². The van der Waals surface area contributed by atoms with Crippen LogP contribution < -0.4 is 32.3 Å². The van der Waals surface area contributed by atoms with Crippen molar-refractivity contribution < 1.29 is 44.1 Å². The molecule has 1 heterocycles. The Morgan fingerprint density at radius 3 is 2.31 bits per heavy atom. The summed E-state index contributed by atoms with van der Waals surface area (Å²) in [7, 11) is 2.62. The Hall–Kier alpha value is -3.34. The van der Waals surface area contributed by atoms with Crippen LogP contribution in [0.5, 0.6) is 0 Å². The molecule has 0 aliphatic carbocycles. The van der Waals surface area contributed by atoms with Crippen molar-refractivity contribution in [1.29, 1.82) is 0 Å². The monoisotopic (exact) mass is 559 g/mol. The van der Waals surface area contributed by atoms with Gasteiger partial charge in [0.1, 0.15) is 30.2 Å². The molecule has 1 saturated heterocycles. The number of aliphatic hydroxyl groups is 3. The number of nitrogens with one attached hydrogen (secondary N) is 5. The fourth-order valence-corrected chi connectivity index (χ4v) is 4.01. The van der Waals surface area contributed by atoms with Crippen molar-refractivity contribution in [2.75, 3.05) is 33.9 Å². The molecule has 10 N–H and O–H groups in total. The van der Waals surface area contributed by atoms with Gasteiger partial charge in [-0.3, -0.25) is 28.8 Å². The predicted octanol–water partition coefficient (Wildman–Crippen LogP) is -5.21. The number of rotatable bonds is 7. The number of amides is 6. The van der Waals surface area contributed by atoms with Crippen LogP contribution in [-0.4, -0.2) is 126 Å². The molecule has 16 heteroatoms. The lowest BCUT2D eigenvalue weighted by Gasteiger charge is -2.33. The smallest absolute Gasteiger partial charge is 0.246 e. The first-order chi connectivity index (χ1) is 18.4. The van der Waals surface area contributed by atoms with Crippen LogP contribution in [0.2, 0.25) is 0 Å². The molecule has 0 aromatic rings. The van der Waals surface area contributed by atoms with Crippen molar-refractivity contribution in [3.05, 3.63) is 0 Å². The largest absolute Gasteiger partial charge is 0.394 e. The van der Waals surface area contributed by atoms with Gasteiger partial charge in [-0.05, 0) is 39.7 Å². The Balaban J connectivity index is 3.33. The summed E-state index contributed by atoms with van der Waals surface area (Å²) in [4.78, 5) is 76.8. The molecule has 1 rings (SSSR count). The average Bonchev–Trinajstić information content (AvgIpc) is 2.87. The van der Waals surface area contributed by atoms with Gasteiger partial charge in [0.05, 0.1) is 19.3 Å². The molecule has 0 saturated carbocycles. The van der Waals surface area contributed by atoms with Crippen molar-refractivity contribution in [2.24, 2.45) is 5.73 Å². The van der Waals surface area contributed by atoms with E-state index in [4.69, 9.17) is 5.73 Å². The molecule has 1 aliphatic rings. The van der Waals surface area contributed by atoms with Gasteiger partial charge in [-0.15, -0.1) is 0 Å². The lowest BCUT2D eigenvalue weighted by molar-refractivity contribution is -0.146. The number of likely N-dealkylation sites (N-methyl/N-ethyl adjacent to an activating group) is 2. The minimum atomic E-state index is -1.57. The molecule has 6 amide bonds. The molecule has 0 aromatic heterocycles. The SMILES string of the molecule is CN[C@@H](CO)C(=O)N[C@H]1CCC(=O)NCCCC[C@@H](C(N)=O)NC(=O)C(CO)NC(=O)[C@H](C(C)O)N(C)C1=O. The Bertz CT molecular complexity index is 882. The van der Waals surface area contributed by atoms with Gasteiger partial charge in [0.15, 0.2) is 0 Å². The van der Waals surface area contributed by atoms with E-state index in [9.17, 15) is 44.1 Å². The summed E-state index contributed by atoms with van der Waals surface area (Å²) in [5.74, 6) is -4.72. The van der Waals surface area contributed by atoms with Crippen molar-refractivity contribution >= 4 is 35.4 Å². The third-order valence-corrected chi connectivity index (χ3v) is 6.33. The summed E-state index contributed by atoms with van der Waals surface area (Å²) in [5.41, 5.74) is 5.37. The molecule has 0 radical (unpaired) electrons. The summed E-state index contributed by atoms with van der Waals surface area (Å²) in [6.45, 7) is 0.0277. The van der Waals surface area contributed by atoms with E-state index in [-0.39, 0.29) is 25.8 Å². The fourth-order valence-electron chi connectivity index (χ4n) is 4.01. The van der Waals surface area contributed by atoms with Crippen LogP contribution in [0.4, 0.5) is 0 Å². The molecular weight excluding hydrogens is 518 g/mol. The van der Waals surface area contributed by atoms with Gasteiger partial charge in [0.2, 0.25) is 35.4 Å². The molecule has 1 aliphatic heterocycles. The number of nitrogens with zero attached hydrogens (tertiary/aromatic N) is 1. The maximum Gasteiger partial charge on any atom is 0.246 e. The van der Waals surface area contributed by atoms with Crippen LogP contribution in [0.1, 0.15) is 39.0 Å². The second-order valence-electron chi connectivity index (χ2n) is 9.31. The normalized spacial score (nSPS) is 26.3. The van der Waals surface area contributed by atoms with Crippen LogP contribution >= 0.6 is 0 Å². The van der Waals surface area contributed by atoms with E-state index in [1.807, 2.05) is 0 Å². The molecule has 2 unspecified atom stereocenters. The van der Waals surface area contributed by atoms with Crippen molar-refractivity contribution in [3.8, 4) is 0 Å². The average molecular weight is 560 g/mol. The van der Waals surface area contributed by atoms with Gasteiger partial charge in [0, 0.05) is 20.0 Å². The van der Waals surface area contributed by atoms with Crippen molar-refractivity contribution in [3.63, 3.8) is 0 Å². The molecular formula is C23H41N7O9. The quantitative estimate of drug-likeness (QED) is 0.143. The van der Waals surface area contributed by atoms with E-state index in [1.54, 1.807) is 0 Å². The standard InChI is InChI=1S/C23H41N7O9/c1-12(33)18-22(38)29-16(11-32)21(37)27-13(19(24)35)6-4-5-9-26-17(34)8-7-14(23(39)30(18)3)28-20(36)15(10-31)25-2/h12-16,18,25,31-33H,4-11H2,1-3H3,(H2,24,35)(H,26,34)(H,27,37)(H,28,36)(H,29,38)/t12?,13-,14-,15-,16?,18-/m0/s1. The summed E-state index contributed by atoms with van der Waals surface area (Å²) in [6, 6.07) is -6.56. The molecule has 16 nitrogen and oxygen atoms in total. The van der Waals surface area contributed by atoms with Crippen LogP contribution in [-0.2, 0) is 28.8 Å². The van der Waals surface area contributed by atoms with Crippen molar-refractivity contribution in [2.45, 2.75) is 75.3 Å². The number of hydrogen-bond donors (Lipinski definition) is 9. The zero-order valence-electron chi connectivity index (χ0n) is 22.4. The van der Waals surface area contributed by atoms with Gasteiger partial charge in [-0.1, -0.05) is 0 Å². The number of nitrogens with two attached hydrogens (primary N) is 1. The number of carbonyl (C=O) groups is 6. The Kier molecular flexibility index (Phi) is 14.3. The highest BCUT2D eigenvalue weighted by Gasteiger charge is 2.37. The molecule has 1 fully saturated rings. The minimum absolute atomic E-state index is 0.141.